The summed E-state index contributed by atoms with van der Waals surface area (Å²) in [5.41, 5.74) is 1.09. The van der Waals surface area contributed by atoms with Crippen molar-refractivity contribution in [2.45, 2.75) is 11.8 Å². The smallest absolute Gasteiger partial charge is 0.409 e. The summed E-state index contributed by atoms with van der Waals surface area (Å²) in [6.07, 6.45) is 2.76. The van der Waals surface area contributed by atoms with E-state index in [0.29, 0.717) is 54.6 Å². The van der Waals surface area contributed by atoms with Crippen LogP contribution in [0.15, 0.2) is 59.8 Å². The number of nitrogens with one attached hydrogen (secondary N) is 1. The van der Waals surface area contributed by atoms with Gasteiger partial charge in [0.15, 0.2) is 11.0 Å². The third-order valence-electron chi connectivity index (χ3n) is 5.10. The minimum atomic E-state index is -1.56. The fourth-order valence-electron chi connectivity index (χ4n) is 3.45. The van der Waals surface area contributed by atoms with Gasteiger partial charge in [0.2, 0.25) is 0 Å². The summed E-state index contributed by atoms with van der Waals surface area (Å²) in [6, 6.07) is 12.5. The fourth-order valence-corrected chi connectivity index (χ4v) is 4.41. The largest absolute Gasteiger partial charge is 0.450 e. The minimum Gasteiger partial charge on any atom is -0.450 e. The van der Waals surface area contributed by atoms with Crippen LogP contribution < -0.4 is 4.72 Å². The molecule has 1 aliphatic rings. The Balaban J connectivity index is 1.38. The number of hydrogen-bond donors (Lipinski definition) is 1. The van der Waals surface area contributed by atoms with Gasteiger partial charge in [-0.2, -0.15) is 0 Å². The molecule has 1 N–H and O–H groups in total. The number of hydrogen-bond acceptors (Lipinski definition) is 6. The monoisotopic (exact) mass is 453 g/mol. The number of piperazine rings is 1. The maximum absolute atomic E-state index is 12.8. The van der Waals surface area contributed by atoms with Crippen molar-refractivity contribution in [1.29, 1.82) is 0 Å². The van der Waals surface area contributed by atoms with E-state index in [2.05, 4.69) is 14.7 Å². The molecule has 0 saturated carbocycles. The summed E-state index contributed by atoms with van der Waals surface area (Å²) in [6.45, 7) is 3.79. The van der Waals surface area contributed by atoms with E-state index in [1.807, 2.05) is 24.3 Å². The average molecular weight is 454 g/mol. The number of anilines is 1. The molecule has 2 amide bonds. The normalized spacial score (nSPS) is 14.8. The third-order valence-corrected chi connectivity index (χ3v) is 6.22. The molecule has 1 aromatic carbocycles. The quantitative estimate of drug-likeness (QED) is 0.637. The zero-order valence-electron chi connectivity index (χ0n) is 17.6. The SMILES string of the molecule is CCOC(=O)N1CCN(C(=O)c2ccc(NS(=O)c3cccc4cccnc34)nc2)CC1. The van der Waals surface area contributed by atoms with E-state index >= 15 is 0 Å². The van der Waals surface area contributed by atoms with Crippen LogP contribution in [0.2, 0.25) is 0 Å². The standard InChI is InChI=1S/C22H23N5O4S/c1-2-31-22(29)27-13-11-26(12-14-27)21(28)17-8-9-19(24-15-17)25-32(30)18-7-3-5-16-6-4-10-23-20(16)18/h3-10,15H,2,11-14H2,1H3,(H,24,25). The van der Waals surface area contributed by atoms with Gasteiger partial charge in [-0.15, -0.1) is 0 Å². The lowest BCUT2D eigenvalue weighted by Crippen LogP contribution is -2.50. The van der Waals surface area contributed by atoms with E-state index in [9.17, 15) is 13.8 Å². The summed E-state index contributed by atoms with van der Waals surface area (Å²) in [7, 11) is -1.56. The van der Waals surface area contributed by atoms with Gasteiger partial charge in [0, 0.05) is 44.0 Å². The molecule has 10 heteroatoms. The number of carbonyl (C=O) groups excluding carboxylic acids is 2. The molecule has 0 bridgehead atoms. The number of amides is 2. The number of para-hydroxylation sites is 1. The van der Waals surface area contributed by atoms with Crippen LogP contribution in [-0.2, 0) is 15.7 Å². The lowest BCUT2D eigenvalue weighted by molar-refractivity contribution is 0.0570. The van der Waals surface area contributed by atoms with Crippen LogP contribution in [0, 0.1) is 0 Å². The first-order valence-electron chi connectivity index (χ1n) is 10.3. The Kier molecular flexibility index (Phi) is 6.60. The first-order valence-corrected chi connectivity index (χ1v) is 11.4. The first-order chi connectivity index (χ1) is 15.6. The number of ether oxygens (including phenoxy) is 1. The molecule has 32 heavy (non-hydrogen) atoms. The molecule has 3 heterocycles. The van der Waals surface area contributed by atoms with Crippen LogP contribution in [0.25, 0.3) is 10.9 Å². The van der Waals surface area contributed by atoms with E-state index in [4.69, 9.17) is 4.74 Å². The van der Waals surface area contributed by atoms with E-state index in [0.717, 1.165) is 5.39 Å². The first kappa shape index (κ1) is 21.7. The minimum absolute atomic E-state index is 0.160. The molecule has 9 nitrogen and oxygen atoms in total. The molecule has 1 aliphatic heterocycles. The Morgan fingerprint density at radius 2 is 1.78 bits per heavy atom. The van der Waals surface area contributed by atoms with Crippen LogP contribution in [0.5, 0.6) is 0 Å². The number of pyridine rings is 2. The summed E-state index contributed by atoms with van der Waals surface area (Å²) < 4.78 is 20.7. The molecule has 2 aromatic heterocycles. The van der Waals surface area contributed by atoms with Crippen molar-refractivity contribution in [1.82, 2.24) is 19.8 Å². The van der Waals surface area contributed by atoms with Gasteiger partial charge in [-0.3, -0.25) is 14.5 Å². The number of nitrogens with zero attached hydrogens (tertiary/aromatic N) is 4. The molecule has 0 aliphatic carbocycles. The predicted molar refractivity (Wildman–Crippen MR) is 121 cm³/mol. The second-order valence-electron chi connectivity index (χ2n) is 7.11. The average Bonchev–Trinajstić information content (AvgIpc) is 2.84. The Morgan fingerprint density at radius 3 is 2.50 bits per heavy atom. The summed E-state index contributed by atoms with van der Waals surface area (Å²) >= 11 is 0. The van der Waals surface area contributed by atoms with E-state index in [-0.39, 0.29) is 12.0 Å². The second kappa shape index (κ2) is 9.73. The topological polar surface area (TPSA) is 105 Å². The fraction of sp³-hybridized carbons (Fsp3) is 0.273. The number of aromatic nitrogens is 2. The van der Waals surface area contributed by atoms with E-state index in [1.54, 1.807) is 41.1 Å². The maximum Gasteiger partial charge on any atom is 0.409 e. The van der Waals surface area contributed by atoms with Crippen molar-refractivity contribution >= 4 is 39.7 Å². The number of carbonyl (C=O) groups is 2. The van der Waals surface area contributed by atoms with Gasteiger partial charge in [0.1, 0.15) is 5.82 Å². The summed E-state index contributed by atoms with van der Waals surface area (Å²) in [4.78, 5) is 37.0. The van der Waals surface area contributed by atoms with Crippen molar-refractivity contribution in [3.05, 3.63) is 60.4 Å². The van der Waals surface area contributed by atoms with Gasteiger partial charge >= 0.3 is 6.09 Å². The molecular formula is C22H23N5O4S. The van der Waals surface area contributed by atoms with Gasteiger partial charge in [0.25, 0.3) is 5.91 Å². The highest BCUT2D eigenvalue weighted by molar-refractivity contribution is 7.86. The summed E-state index contributed by atoms with van der Waals surface area (Å²) in [5, 5.41) is 0.900. The third kappa shape index (κ3) is 4.70. The van der Waals surface area contributed by atoms with Gasteiger partial charge in [-0.1, -0.05) is 18.2 Å². The van der Waals surface area contributed by atoms with Crippen LogP contribution in [0.1, 0.15) is 17.3 Å². The van der Waals surface area contributed by atoms with Crippen molar-refractivity contribution < 1.29 is 18.5 Å². The molecule has 1 unspecified atom stereocenters. The Hall–Kier alpha value is -3.53. The lowest BCUT2D eigenvalue weighted by Gasteiger charge is -2.34. The van der Waals surface area contributed by atoms with Crippen molar-refractivity contribution in [3.8, 4) is 0 Å². The molecule has 4 rings (SSSR count). The molecule has 1 saturated heterocycles. The van der Waals surface area contributed by atoms with Crippen LogP contribution in [-0.4, -0.2) is 68.8 Å². The van der Waals surface area contributed by atoms with Crippen LogP contribution >= 0.6 is 0 Å². The van der Waals surface area contributed by atoms with Gasteiger partial charge in [0.05, 0.1) is 22.6 Å². The van der Waals surface area contributed by atoms with Gasteiger partial charge in [-0.05, 0) is 31.2 Å². The van der Waals surface area contributed by atoms with E-state index < -0.39 is 11.0 Å². The number of fused-ring (bicyclic) bond motifs is 1. The number of rotatable bonds is 5. The molecule has 166 valence electrons. The van der Waals surface area contributed by atoms with Crippen molar-refractivity contribution in [2.24, 2.45) is 0 Å². The zero-order chi connectivity index (χ0) is 22.5. The highest BCUT2D eigenvalue weighted by atomic mass is 32.2. The van der Waals surface area contributed by atoms with Crippen molar-refractivity contribution in [3.63, 3.8) is 0 Å². The Bertz CT molecular complexity index is 1140. The lowest BCUT2D eigenvalue weighted by atomic mass is 10.2. The Morgan fingerprint density at radius 1 is 1.03 bits per heavy atom. The summed E-state index contributed by atoms with van der Waals surface area (Å²) in [5.74, 6) is 0.229. The van der Waals surface area contributed by atoms with Crippen molar-refractivity contribution in [2.75, 3.05) is 37.5 Å². The van der Waals surface area contributed by atoms with Crippen LogP contribution in [0.4, 0.5) is 10.6 Å². The highest BCUT2D eigenvalue weighted by Crippen LogP contribution is 2.20. The molecule has 3 aromatic rings. The maximum atomic E-state index is 12.8. The molecule has 1 fully saturated rings. The molecule has 0 spiro atoms. The van der Waals surface area contributed by atoms with Gasteiger partial charge in [-0.25, -0.2) is 14.0 Å². The molecule has 0 radical (unpaired) electrons. The molecule has 1 atom stereocenters. The molecular weight excluding hydrogens is 430 g/mol. The second-order valence-corrected chi connectivity index (χ2v) is 8.29. The highest BCUT2D eigenvalue weighted by Gasteiger charge is 2.25. The van der Waals surface area contributed by atoms with Gasteiger partial charge < -0.3 is 14.5 Å². The predicted octanol–water partition coefficient (Wildman–Crippen LogP) is 2.68. The zero-order valence-corrected chi connectivity index (χ0v) is 18.4. The van der Waals surface area contributed by atoms with E-state index in [1.165, 1.54) is 6.20 Å². The number of benzene rings is 1. The van der Waals surface area contributed by atoms with Crippen LogP contribution in [0.3, 0.4) is 0 Å². The Labute approximate surface area is 188 Å².